The van der Waals surface area contributed by atoms with Crippen molar-refractivity contribution in [3.63, 3.8) is 0 Å². The van der Waals surface area contributed by atoms with E-state index in [-0.39, 0.29) is 18.3 Å². The Bertz CT molecular complexity index is 623. The van der Waals surface area contributed by atoms with Crippen LogP contribution in [0.2, 0.25) is 0 Å². The van der Waals surface area contributed by atoms with Crippen LogP contribution < -0.4 is 10.6 Å². The van der Waals surface area contributed by atoms with Crippen molar-refractivity contribution in [3.05, 3.63) is 48.0 Å². The molecule has 2 N–H and O–H groups in total. The minimum atomic E-state index is 0. The summed E-state index contributed by atoms with van der Waals surface area (Å²) in [5.74, 6) is 0.164. The van der Waals surface area contributed by atoms with Crippen molar-refractivity contribution in [1.82, 2.24) is 10.6 Å². The Kier molecular flexibility index (Phi) is 6.22. The molecule has 118 valence electrons. The summed E-state index contributed by atoms with van der Waals surface area (Å²) in [6.07, 6.45) is 3.61. The average Bonchev–Trinajstić information content (AvgIpc) is 2.54. The van der Waals surface area contributed by atoms with Crippen LogP contribution in [0.1, 0.15) is 24.8 Å². The number of fused-ring (bicyclic) bond motifs is 1. The van der Waals surface area contributed by atoms with E-state index in [1.54, 1.807) is 0 Å². The second-order valence-corrected chi connectivity index (χ2v) is 5.79. The van der Waals surface area contributed by atoms with E-state index in [1.165, 1.54) is 16.3 Å². The quantitative estimate of drug-likeness (QED) is 0.909. The molecule has 1 fully saturated rings. The highest BCUT2D eigenvalue weighted by Crippen LogP contribution is 2.16. The van der Waals surface area contributed by atoms with Gasteiger partial charge in [-0.1, -0.05) is 42.5 Å². The highest BCUT2D eigenvalue weighted by molar-refractivity contribution is 5.85. The SMILES string of the molecule is Cl.O=C(CCc1ccc2ccccc2c1)NC1CCCNC1. The maximum atomic E-state index is 12.0. The van der Waals surface area contributed by atoms with Crippen LogP contribution in [0.25, 0.3) is 10.8 Å². The topological polar surface area (TPSA) is 41.1 Å². The number of aryl methyl sites for hydroxylation is 1. The molecule has 0 aromatic heterocycles. The van der Waals surface area contributed by atoms with E-state index < -0.39 is 0 Å². The third kappa shape index (κ3) is 4.46. The Morgan fingerprint density at radius 1 is 1.18 bits per heavy atom. The fourth-order valence-electron chi connectivity index (χ4n) is 2.93. The van der Waals surface area contributed by atoms with Gasteiger partial charge in [-0.05, 0) is 42.1 Å². The van der Waals surface area contributed by atoms with Gasteiger partial charge in [0.25, 0.3) is 0 Å². The van der Waals surface area contributed by atoms with Crippen LogP contribution in [-0.4, -0.2) is 25.0 Å². The molecule has 0 bridgehead atoms. The molecule has 1 aliphatic heterocycles. The van der Waals surface area contributed by atoms with Crippen molar-refractivity contribution < 1.29 is 4.79 Å². The van der Waals surface area contributed by atoms with Gasteiger partial charge in [0.1, 0.15) is 0 Å². The van der Waals surface area contributed by atoms with E-state index in [1.807, 2.05) is 6.07 Å². The van der Waals surface area contributed by atoms with Crippen molar-refractivity contribution >= 4 is 29.1 Å². The van der Waals surface area contributed by atoms with Crippen LogP contribution >= 0.6 is 12.4 Å². The second kappa shape index (κ2) is 8.16. The zero-order valence-electron chi connectivity index (χ0n) is 12.7. The monoisotopic (exact) mass is 318 g/mol. The van der Waals surface area contributed by atoms with Gasteiger partial charge >= 0.3 is 0 Å². The molecule has 3 nitrogen and oxygen atoms in total. The van der Waals surface area contributed by atoms with Gasteiger partial charge < -0.3 is 10.6 Å². The van der Waals surface area contributed by atoms with Gasteiger partial charge in [-0.25, -0.2) is 0 Å². The smallest absolute Gasteiger partial charge is 0.220 e. The summed E-state index contributed by atoms with van der Waals surface area (Å²) in [5, 5.41) is 8.94. The average molecular weight is 319 g/mol. The van der Waals surface area contributed by atoms with E-state index in [4.69, 9.17) is 0 Å². The molecule has 1 aliphatic rings. The Morgan fingerprint density at radius 2 is 2.00 bits per heavy atom. The number of halogens is 1. The van der Waals surface area contributed by atoms with Gasteiger partial charge in [0.05, 0.1) is 0 Å². The zero-order chi connectivity index (χ0) is 14.5. The highest BCUT2D eigenvalue weighted by atomic mass is 35.5. The van der Waals surface area contributed by atoms with Crippen LogP contribution in [0.5, 0.6) is 0 Å². The van der Waals surface area contributed by atoms with E-state index in [0.29, 0.717) is 12.5 Å². The fourth-order valence-corrected chi connectivity index (χ4v) is 2.93. The van der Waals surface area contributed by atoms with E-state index in [9.17, 15) is 4.79 Å². The molecular weight excluding hydrogens is 296 g/mol. The predicted octanol–water partition coefficient (Wildman–Crippen LogP) is 3.06. The molecule has 0 spiro atoms. The molecule has 0 aliphatic carbocycles. The summed E-state index contributed by atoms with van der Waals surface area (Å²) in [5.41, 5.74) is 1.23. The number of nitrogens with one attached hydrogen (secondary N) is 2. The first kappa shape index (κ1) is 16.8. The summed E-state index contributed by atoms with van der Waals surface area (Å²) in [4.78, 5) is 12.0. The molecule has 1 atom stereocenters. The number of hydrogen-bond donors (Lipinski definition) is 2. The molecule has 1 unspecified atom stereocenters. The molecular formula is C18H23ClN2O. The first-order chi connectivity index (χ1) is 10.3. The van der Waals surface area contributed by atoms with E-state index >= 15 is 0 Å². The Labute approximate surface area is 137 Å². The lowest BCUT2D eigenvalue weighted by Crippen LogP contribution is -2.45. The van der Waals surface area contributed by atoms with Crippen molar-refractivity contribution in [2.75, 3.05) is 13.1 Å². The molecule has 2 aromatic carbocycles. The first-order valence-electron chi connectivity index (χ1n) is 7.79. The number of benzene rings is 2. The molecule has 4 heteroatoms. The lowest BCUT2D eigenvalue weighted by atomic mass is 10.0. The van der Waals surface area contributed by atoms with Gasteiger partial charge in [0, 0.05) is 19.0 Å². The number of carbonyl (C=O) groups is 1. The van der Waals surface area contributed by atoms with Gasteiger partial charge in [-0.3, -0.25) is 4.79 Å². The maximum Gasteiger partial charge on any atom is 0.220 e. The Morgan fingerprint density at radius 3 is 2.77 bits per heavy atom. The summed E-state index contributed by atoms with van der Waals surface area (Å²) >= 11 is 0. The third-order valence-corrected chi connectivity index (χ3v) is 4.12. The molecule has 0 saturated carbocycles. The highest BCUT2D eigenvalue weighted by Gasteiger charge is 2.14. The minimum absolute atomic E-state index is 0. The van der Waals surface area contributed by atoms with Crippen molar-refractivity contribution in [2.24, 2.45) is 0 Å². The number of hydrogen-bond acceptors (Lipinski definition) is 2. The lowest BCUT2D eigenvalue weighted by Gasteiger charge is -2.23. The number of amides is 1. The molecule has 1 saturated heterocycles. The van der Waals surface area contributed by atoms with Crippen LogP contribution in [0, 0.1) is 0 Å². The third-order valence-electron chi connectivity index (χ3n) is 4.12. The number of carbonyl (C=O) groups excluding carboxylic acids is 1. The second-order valence-electron chi connectivity index (χ2n) is 5.79. The Balaban J connectivity index is 0.00000176. The largest absolute Gasteiger partial charge is 0.352 e. The molecule has 2 aromatic rings. The molecule has 1 amide bonds. The summed E-state index contributed by atoms with van der Waals surface area (Å²) in [6.45, 7) is 1.98. The summed E-state index contributed by atoms with van der Waals surface area (Å²) in [6, 6.07) is 15.1. The molecule has 1 heterocycles. The maximum absolute atomic E-state index is 12.0. The van der Waals surface area contributed by atoms with Crippen molar-refractivity contribution in [2.45, 2.75) is 31.7 Å². The van der Waals surface area contributed by atoms with Crippen LogP contribution in [-0.2, 0) is 11.2 Å². The van der Waals surface area contributed by atoms with Crippen LogP contribution in [0.15, 0.2) is 42.5 Å². The van der Waals surface area contributed by atoms with Crippen molar-refractivity contribution in [1.29, 1.82) is 0 Å². The predicted molar refractivity (Wildman–Crippen MR) is 93.6 cm³/mol. The van der Waals surface area contributed by atoms with Crippen LogP contribution in [0.3, 0.4) is 0 Å². The van der Waals surface area contributed by atoms with Crippen molar-refractivity contribution in [3.8, 4) is 0 Å². The van der Waals surface area contributed by atoms with Gasteiger partial charge in [0.15, 0.2) is 0 Å². The standard InChI is InChI=1S/C18H22N2O.ClH/c21-18(20-17-6-3-11-19-13-17)10-8-14-7-9-15-4-1-2-5-16(15)12-14;/h1-2,4-5,7,9,12,17,19H,3,6,8,10-11,13H2,(H,20,21);1H. The molecule has 22 heavy (non-hydrogen) atoms. The van der Waals surface area contributed by atoms with Gasteiger partial charge in [-0.15, -0.1) is 12.4 Å². The van der Waals surface area contributed by atoms with Gasteiger partial charge in [-0.2, -0.15) is 0 Å². The minimum Gasteiger partial charge on any atom is -0.352 e. The number of rotatable bonds is 4. The first-order valence-corrected chi connectivity index (χ1v) is 7.79. The van der Waals surface area contributed by atoms with Gasteiger partial charge in [0.2, 0.25) is 5.91 Å². The summed E-state index contributed by atoms with van der Waals surface area (Å²) in [7, 11) is 0. The fraction of sp³-hybridized carbons (Fsp3) is 0.389. The van der Waals surface area contributed by atoms with E-state index in [0.717, 1.165) is 32.4 Å². The molecule has 3 rings (SSSR count). The summed E-state index contributed by atoms with van der Waals surface area (Å²) < 4.78 is 0. The Hall–Kier alpha value is -1.58. The van der Waals surface area contributed by atoms with Crippen LogP contribution in [0.4, 0.5) is 0 Å². The lowest BCUT2D eigenvalue weighted by molar-refractivity contribution is -0.121. The zero-order valence-corrected chi connectivity index (χ0v) is 13.5. The van der Waals surface area contributed by atoms with E-state index in [2.05, 4.69) is 47.0 Å². The molecule has 0 radical (unpaired) electrons. The normalized spacial score (nSPS) is 17.7. The number of piperidine rings is 1.